The summed E-state index contributed by atoms with van der Waals surface area (Å²) in [5.74, 6) is 0.0555. The van der Waals surface area contributed by atoms with E-state index in [2.05, 4.69) is 15.6 Å². The first-order chi connectivity index (χ1) is 12.2. The van der Waals surface area contributed by atoms with Crippen LogP contribution in [0.1, 0.15) is 11.1 Å². The highest BCUT2D eigenvalue weighted by Crippen LogP contribution is 2.18. The van der Waals surface area contributed by atoms with Crippen molar-refractivity contribution in [1.82, 2.24) is 5.32 Å². The van der Waals surface area contributed by atoms with Crippen LogP contribution >= 0.6 is 11.6 Å². The Morgan fingerprint density at radius 1 is 1.24 bits per heavy atom. The van der Waals surface area contributed by atoms with Gasteiger partial charge in [-0.15, -0.1) is 0 Å². The third-order valence-corrected chi connectivity index (χ3v) is 3.38. The molecule has 0 bridgehead atoms. The molecule has 0 heterocycles. The summed E-state index contributed by atoms with van der Waals surface area (Å²) in [4.78, 5) is 16.9. The number of oxime groups is 2. The van der Waals surface area contributed by atoms with E-state index < -0.39 is 5.91 Å². The van der Waals surface area contributed by atoms with Gasteiger partial charge in [-0.2, -0.15) is 0 Å². The largest absolute Gasteiger partial charge is 0.489 e. The van der Waals surface area contributed by atoms with Crippen LogP contribution in [-0.4, -0.2) is 30.3 Å². The normalized spacial score (nSPS) is 11.4. The van der Waals surface area contributed by atoms with Crippen LogP contribution in [0.2, 0.25) is 5.02 Å². The molecule has 130 valence electrons. The Balaban J connectivity index is 2.23. The maximum atomic E-state index is 12.2. The number of halogens is 1. The molecular weight excluding hydrogens is 346 g/mol. The van der Waals surface area contributed by atoms with E-state index >= 15 is 0 Å². The fourth-order valence-corrected chi connectivity index (χ4v) is 2.16. The van der Waals surface area contributed by atoms with E-state index in [0.29, 0.717) is 16.3 Å². The lowest BCUT2D eigenvalue weighted by Gasteiger charge is -2.12. The Morgan fingerprint density at radius 2 is 1.96 bits per heavy atom. The molecular formula is C17H16ClN3O4. The van der Waals surface area contributed by atoms with Gasteiger partial charge in [0.2, 0.25) is 0 Å². The van der Waals surface area contributed by atoms with Crippen LogP contribution in [0.25, 0.3) is 0 Å². The first kappa shape index (κ1) is 18.3. The number of benzene rings is 2. The number of rotatable bonds is 7. The molecule has 7 nitrogen and oxygen atoms in total. The lowest BCUT2D eigenvalue weighted by atomic mass is 10.0. The molecule has 0 unspecified atom stereocenters. The van der Waals surface area contributed by atoms with Gasteiger partial charge in [-0.3, -0.25) is 4.79 Å². The minimum atomic E-state index is -0.585. The molecule has 2 N–H and O–H groups in total. The molecule has 0 aliphatic carbocycles. The molecule has 2 rings (SSSR count). The lowest BCUT2D eigenvalue weighted by Crippen LogP contribution is -2.31. The molecule has 0 aliphatic rings. The topological polar surface area (TPSA) is 92.5 Å². The summed E-state index contributed by atoms with van der Waals surface area (Å²) in [6, 6.07) is 14.1. The van der Waals surface area contributed by atoms with Gasteiger partial charge < -0.3 is 20.1 Å². The van der Waals surface area contributed by atoms with E-state index in [4.69, 9.17) is 26.4 Å². The van der Waals surface area contributed by atoms with E-state index in [1.807, 2.05) is 12.1 Å². The van der Waals surface area contributed by atoms with Crippen molar-refractivity contribution in [2.24, 2.45) is 10.3 Å². The molecule has 0 saturated carbocycles. The molecule has 0 saturated heterocycles. The molecule has 8 heteroatoms. The Labute approximate surface area is 149 Å². The first-order valence-electron chi connectivity index (χ1n) is 7.20. The van der Waals surface area contributed by atoms with Crippen LogP contribution in [0.15, 0.2) is 58.8 Å². The Hall–Kier alpha value is -3.06. The maximum Gasteiger partial charge on any atom is 0.279 e. The van der Waals surface area contributed by atoms with Gasteiger partial charge in [-0.05, 0) is 29.8 Å². The minimum absolute atomic E-state index is 0.0257. The number of hydrogen-bond donors (Lipinski definition) is 2. The second-order valence-electron chi connectivity index (χ2n) is 4.74. The van der Waals surface area contributed by atoms with Gasteiger partial charge >= 0.3 is 0 Å². The monoisotopic (exact) mass is 361 g/mol. The third-order valence-electron chi connectivity index (χ3n) is 3.13. The van der Waals surface area contributed by atoms with Crippen LogP contribution in [0.4, 0.5) is 0 Å². The quantitative estimate of drug-likeness (QED) is 0.343. The molecule has 0 spiro atoms. The molecule has 0 fully saturated rings. The summed E-state index contributed by atoms with van der Waals surface area (Å²) < 4.78 is 5.72. The van der Waals surface area contributed by atoms with Gasteiger partial charge in [0.15, 0.2) is 5.71 Å². The van der Waals surface area contributed by atoms with Crippen molar-refractivity contribution in [2.75, 3.05) is 7.11 Å². The van der Waals surface area contributed by atoms with Gasteiger partial charge in [0.05, 0.1) is 0 Å². The second kappa shape index (κ2) is 9.29. The summed E-state index contributed by atoms with van der Waals surface area (Å²) in [7, 11) is 1.33. The highest BCUT2D eigenvalue weighted by Gasteiger charge is 2.18. The number of ether oxygens (including phenoxy) is 1. The zero-order chi connectivity index (χ0) is 18.1. The SMILES string of the molecule is CON=C(C(=O)NC=NO)c1ccccc1COc1ccc(Cl)cc1. The lowest BCUT2D eigenvalue weighted by molar-refractivity contribution is -0.113. The van der Waals surface area contributed by atoms with Crippen LogP contribution in [-0.2, 0) is 16.2 Å². The van der Waals surface area contributed by atoms with Crippen molar-refractivity contribution in [3.8, 4) is 5.75 Å². The van der Waals surface area contributed by atoms with Crippen molar-refractivity contribution in [1.29, 1.82) is 0 Å². The number of nitrogens with one attached hydrogen (secondary N) is 1. The summed E-state index contributed by atoms with van der Waals surface area (Å²) in [6.45, 7) is 0.210. The predicted octanol–water partition coefficient (Wildman–Crippen LogP) is 2.80. The first-order valence-corrected chi connectivity index (χ1v) is 7.58. The van der Waals surface area contributed by atoms with E-state index in [1.165, 1.54) is 7.11 Å². The Kier molecular flexibility index (Phi) is 6.79. The molecule has 2 aromatic carbocycles. The van der Waals surface area contributed by atoms with Gasteiger partial charge in [0, 0.05) is 10.6 Å². The average Bonchev–Trinajstić information content (AvgIpc) is 2.64. The van der Waals surface area contributed by atoms with Crippen molar-refractivity contribution >= 4 is 29.6 Å². The summed E-state index contributed by atoms with van der Waals surface area (Å²) >= 11 is 5.85. The van der Waals surface area contributed by atoms with Crippen LogP contribution in [0.5, 0.6) is 5.75 Å². The molecule has 0 atom stereocenters. The standard InChI is InChI=1S/C17H16ClN3O4/c1-24-21-16(17(22)19-11-20-23)15-5-3-2-4-12(15)10-25-14-8-6-13(18)7-9-14/h2-9,11,23H,10H2,1H3,(H,19,20,22). The van der Waals surface area contributed by atoms with Crippen LogP contribution in [0, 0.1) is 0 Å². The van der Waals surface area contributed by atoms with Gasteiger partial charge in [0.25, 0.3) is 5.91 Å². The second-order valence-corrected chi connectivity index (χ2v) is 5.18. The number of carbonyl (C=O) groups is 1. The third kappa shape index (κ3) is 5.22. The fraction of sp³-hybridized carbons (Fsp3) is 0.118. The van der Waals surface area contributed by atoms with E-state index in [-0.39, 0.29) is 12.3 Å². The van der Waals surface area contributed by atoms with Gasteiger partial charge in [0.1, 0.15) is 25.8 Å². The Morgan fingerprint density at radius 3 is 2.64 bits per heavy atom. The van der Waals surface area contributed by atoms with E-state index in [1.54, 1.807) is 36.4 Å². The fourth-order valence-electron chi connectivity index (χ4n) is 2.03. The van der Waals surface area contributed by atoms with Gasteiger partial charge in [-0.25, -0.2) is 0 Å². The van der Waals surface area contributed by atoms with Crippen molar-refractivity contribution in [3.63, 3.8) is 0 Å². The van der Waals surface area contributed by atoms with Crippen LogP contribution in [0.3, 0.4) is 0 Å². The highest BCUT2D eigenvalue weighted by molar-refractivity contribution is 6.46. The van der Waals surface area contributed by atoms with Gasteiger partial charge in [-0.1, -0.05) is 46.2 Å². The zero-order valence-corrected chi connectivity index (χ0v) is 14.1. The van der Waals surface area contributed by atoms with Crippen molar-refractivity contribution in [3.05, 3.63) is 64.7 Å². The molecule has 0 radical (unpaired) electrons. The Bertz CT molecular complexity index is 776. The van der Waals surface area contributed by atoms with E-state index in [9.17, 15) is 4.79 Å². The molecule has 0 aliphatic heterocycles. The number of hydrogen-bond acceptors (Lipinski definition) is 6. The van der Waals surface area contributed by atoms with Crippen molar-refractivity contribution < 1.29 is 19.6 Å². The summed E-state index contributed by atoms with van der Waals surface area (Å²) in [5, 5.41) is 17.8. The number of amides is 1. The smallest absolute Gasteiger partial charge is 0.279 e. The molecule has 0 aromatic heterocycles. The number of carbonyl (C=O) groups excluding carboxylic acids is 1. The average molecular weight is 362 g/mol. The van der Waals surface area contributed by atoms with E-state index in [0.717, 1.165) is 11.9 Å². The minimum Gasteiger partial charge on any atom is -0.489 e. The summed E-state index contributed by atoms with van der Waals surface area (Å²) in [5.41, 5.74) is 1.28. The number of nitrogens with zero attached hydrogens (tertiary/aromatic N) is 2. The highest BCUT2D eigenvalue weighted by atomic mass is 35.5. The molecule has 2 aromatic rings. The zero-order valence-electron chi connectivity index (χ0n) is 13.3. The maximum absolute atomic E-state index is 12.2. The molecule has 25 heavy (non-hydrogen) atoms. The van der Waals surface area contributed by atoms with Crippen molar-refractivity contribution in [2.45, 2.75) is 6.61 Å². The van der Waals surface area contributed by atoms with Crippen LogP contribution < -0.4 is 10.1 Å². The molecule has 1 amide bonds. The summed E-state index contributed by atoms with van der Waals surface area (Å²) in [6.07, 6.45) is 0.848. The predicted molar refractivity (Wildman–Crippen MR) is 94.2 cm³/mol.